The van der Waals surface area contributed by atoms with Crippen LogP contribution in [0.1, 0.15) is 0 Å². The van der Waals surface area contributed by atoms with Gasteiger partial charge < -0.3 is 21.9 Å². The van der Waals surface area contributed by atoms with E-state index in [9.17, 15) is 0 Å². The normalized spacial score (nSPS) is 0. The van der Waals surface area contributed by atoms with Gasteiger partial charge in [-0.25, -0.2) is 0 Å². The standard InChI is InChI=1S/Mn.4O.Pd.Pt/q+2;4*-2;+2;+4. The molecule has 7 heteroatoms. The molecule has 0 aliphatic rings. The molecule has 0 heterocycles. The second-order valence-electron chi connectivity index (χ2n) is 0. The van der Waals surface area contributed by atoms with E-state index in [0.29, 0.717) is 0 Å². The molecule has 0 N–H and O–H groups in total. The van der Waals surface area contributed by atoms with Crippen molar-refractivity contribution in [3.8, 4) is 0 Å². The van der Waals surface area contributed by atoms with Crippen LogP contribution in [0.25, 0.3) is 0 Å². The summed E-state index contributed by atoms with van der Waals surface area (Å²) < 4.78 is 0. The molecule has 0 aliphatic heterocycles. The van der Waals surface area contributed by atoms with Gasteiger partial charge in [0, 0.05) is 0 Å². The molecule has 0 aromatic rings. The number of hydrogen-bond acceptors (Lipinski definition) is 0. The molecular weight excluding hydrogens is 420 g/mol. The molecule has 4 nitrogen and oxygen atoms in total. The first-order valence-corrected chi connectivity index (χ1v) is 0. The van der Waals surface area contributed by atoms with E-state index in [4.69, 9.17) is 0 Å². The van der Waals surface area contributed by atoms with E-state index in [0.717, 1.165) is 0 Å². The minimum absolute atomic E-state index is 0. The molecule has 1 radical (unpaired) electrons. The topological polar surface area (TPSA) is 114 Å². The number of rotatable bonds is 0. The minimum Gasteiger partial charge on any atom is -2.00 e. The first-order chi connectivity index (χ1) is 0. The summed E-state index contributed by atoms with van der Waals surface area (Å²) in [5, 5.41) is 0. The maximum atomic E-state index is 0. The average molecular weight is 420 g/mol. The Labute approximate surface area is 80.1 Å². The van der Waals surface area contributed by atoms with E-state index in [1.54, 1.807) is 0 Å². The molecule has 0 saturated carbocycles. The third-order valence-electron chi connectivity index (χ3n) is 0. The fraction of sp³-hybridized carbons (Fsp3) is 0. The first kappa shape index (κ1) is 177. The van der Waals surface area contributed by atoms with Gasteiger partial charge in [0.1, 0.15) is 0 Å². The molecule has 0 rings (SSSR count). The van der Waals surface area contributed by atoms with Gasteiger partial charge in [0.05, 0.1) is 0 Å². The van der Waals surface area contributed by atoms with E-state index >= 15 is 0 Å². The van der Waals surface area contributed by atoms with Crippen LogP contribution in [0, 0.1) is 0 Å². The average Bonchev–Trinajstić information content (AvgIpc) is 0. The molecule has 0 atom stereocenters. The summed E-state index contributed by atoms with van der Waals surface area (Å²) in [5.74, 6) is 0. The van der Waals surface area contributed by atoms with Gasteiger partial charge >= 0.3 is 58.6 Å². The van der Waals surface area contributed by atoms with Crippen molar-refractivity contribution < 1.29 is 80.5 Å². The summed E-state index contributed by atoms with van der Waals surface area (Å²) in [6, 6.07) is 0. The Bertz CT molecular complexity index is 11.7. The van der Waals surface area contributed by atoms with Crippen molar-refractivity contribution in [1.29, 1.82) is 0 Å². The summed E-state index contributed by atoms with van der Waals surface area (Å²) in [5.41, 5.74) is 0. The molecule has 7 heavy (non-hydrogen) atoms. The van der Waals surface area contributed by atoms with Crippen molar-refractivity contribution in [3.05, 3.63) is 0 Å². The molecule has 0 bridgehead atoms. The van der Waals surface area contributed by atoms with Gasteiger partial charge in [-0.05, 0) is 0 Å². The van der Waals surface area contributed by atoms with Crippen LogP contribution in [-0.4, -0.2) is 0 Å². The zero-order valence-corrected chi connectivity index (χ0v) is 7.65. The molecule has 0 aromatic heterocycles. The Morgan fingerprint density at radius 2 is 0.571 bits per heavy atom. The van der Waals surface area contributed by atoms with Crippen molar-refractivity contribution in [2.45, 2.75) is 0 Å². The van der Waals surface area contributed by atoms with Gasteiger partial charge in [0.15, 0.2) is 0 Å². The molecular formula is MnO4PdPt. The Hall–Kier alpha value is 1.71. The summed E-state index contributed by atoms with van der Waals surface area (Å²) in [4.78, 5) is 0. The van der Waals surface area contributed by atoms with Crippen molar-refractivity contribution in [3.63, 3.8) is 0 Å². The molecule has 0 amide bonds. The van der Waals surface area contributed by atoms with Crippen LogP contribution in [0.2, 0.25) is 0 Å². The monoisotopic (exact) mass is 420 g/mol. The van der Waals surface area contributed by atoms with Crippen LogP contribution < -0.4 is 0 Å². The Morgan fingerprint density at radius 1 is 0.571 bits per heavy atom. The Balaban J connectivity index is 0. The van der Waals surface area contributed by atoms with E-state index in [1.807, 2.05) is 0 Å². The van der Waals surface area contributed by atoms with E-state index in [-0.39, 0.29) is 80.5 Å². The predicted molar refractivity (Wildman–Crippen MR) is 2.75 cm³/mol. The van der Waals surface area contributed by atoms with Gasteiger partial charge in [0.2, 0.25) is 0 Å². The van der Waals surface area contributed by atoms with Crippen LogP contribution >= 0.6 is 0 Å². The van der Waals surface area contributed by atoms with Crippen molar-refractivity contribution in [1.82, 2.24) is 0 Å². The maximum Gasteiger partial charge on any atom is 4.00 e. The molecule has 0 aliphatic carbocycles. The smallest absolute Gasteiger partial charge is 2.00 e. The van der Waals surface area contributed by atoms with E-state index in [2.05, 4.69) is 0 Å². The van der Waals surface area contributed by atoms with Crippen molar-refractivity contribution >= 4 is 0 Å². The third kappa shape index (κ3) is 86.0. The van der Waals surface area contributed by atoms with Crippen LogP contribution in [0.4, 0.5) is 0 Å². The Morgan fingerprint density at radius 3 is 0.571 bits per heavy atom. The van der Waals surface area contributed by atoms with Crippen LogP contribution in [0.5, 0.6) is 0 Å². The van der Waals surface area contributed by atoms with Crippen LogP contribution in [-0.2, 0) is 80.5 Å². The van der Waals surface area contributed by atoms with Gasteiger partial charge in [-0.1, -0.05) is 0 Å². The van der Waals surface area contributed by atoms with Gasteiger partial charge in [-0.15, -0.1) is 0 Å². The molecule has 51 valence electrons. The predicted octanol–water partition coefficient (Wildman–Crippen LogP) is -0.483. The molecule has 0 unspecified atom stereocenters. The summed E-state index contributed by atoms with van der Waals surface area (Å²) >= 11 is 0. The van der Waals surface area contributed by atoms with Crippen LogP contribution in [0.3, 0.4) is 0 Å². The van der Waals surface area contributed by atoms with Crippen molar-refractivity contribution in [2.24, 2.45) is 0 Å². The SMILES string of the molecule is [Mn+2].[O-2].[O-2].[O-2].[O-2].[Pd+2].[Pt+4]. The quantitative estimate of drug-likeness (QED) is 0.471. The second kappa shape index (κ2) is 119. The fourth-order valence-corrected chi connectivity index (χ4v) is 0. The minimum atomic E-state index is 0. The van der Waals surface area contributed by atoms with Gasteiger partial charge in [-0.3, -0.25) is 0 Å². The number of hydrogen-bond donors (Lipinski definition) is 0. The summed E-state index contributed by atoms with van der Waals surface area (Å²) in [6.45, 7) is 0. The van der Waals surface area contributed by atoms with Crippen LogP contribution in [0.15, 0.2) is 0 Å². The zero-order valence-electron chi connectivity index (χ0n) is 2.64. The Kier molecular flexibility index (Phi) is 3000. The van der Waals surface area contributed by atoms with E-state index in [1.165, 1.54) is 0 Å². The van der Waals surface area contributed by atoms with Gasteiger partial charge in [-0.2, -0.15) is 0 Å². The maximum absolute atomic E-state index is 0. The van der Waals surface area contributed by atoms with Gasteiger partial charge in [0.25, 0.3) is 0 Å². The molecule has 0 spiro atoms. The third-order valence-corrected chi connectivity index (χ3v) is 0. The fourth-order valence-electron chi connectivity index (χ4n) is 0. The first-order valence-electron chi connectivity index (χ1n) is 0. The second-order valence-corrected chi connectivity index (χ2v) is 0. The summed E-state index contributed by atoms with van der Waals surface area (Å²) in [6.07, 6.45) is 0. The zero-order chi connectivity index (χ0) is 0. The molecule has 0 fully saturated rings. The van der Waals surface area contributed by atoms with Crippen molar-refractivity contribution in [2.75, 3.05) is 0 Å². The largest absolute Gasteiger partial charge is 4.00 e. The van der Waals surface area contributed by atoms with E-state index < -0.39 is 0 Å². The molecule has 0 saturated heterocycles. The molecule has 0 aromatic carbocycles. The summed E-state index contributed by atoms with van der Waals surface area (Å²) in [7, 11) is 0.